The summed E-state index contributed by atoms with van der Waals surface area (Å²) >= 11 is 1.40. The van der Waals surface area contributed by atoms with E-state index in [9.17, 15) is 9.50 Å². The number of aryl methyl sites for hydroxylation is 1. The molecule has 2 aromatic rings. The lowest BCUT2D eigenvalue weighted by Gasteiger charge is -2.09. The summed E-state index contributed by atoms with van der Waals surface area (Å²) in [5, 5.41) is 21.8. The average Bonchev–Trinajstić information content (AvgIpc) is 2.97. The van der Waals surface area contributed by atoms with Crippen molar-refractivity contribution in [2.75, 3.05) is 12.4 Å². The normalized spacial score (nSPS) is 14.1. The molecular weight excluding hydrogens is 295 g/mol. The zero-order valence-corrected chi connectivity index (χ0v) is 12.6. The Balaban J connectivity index is 2.08. The van der Waals surface area contributed by atoms with E-state index >= 15 is 0 Å². The highest BCUT2D eigenvalue weighted by molar-refractivity contribution is 7.99. The van der Waals surface area contributed by atoms with Crippen molar-refractivity contribution in [2.45, 2.75) is 25.2 Å². The summed E-state index contributed by atoms with van der Waals surface area (Å²) in [6, 6.07) is 4.77. The van der Waals surface area contributed by atoms with Crippen LogP contribution in [0.5, 0.6) is 0 Å². The molecule has 7 heteroatoms. The first kappa shape index (κ1) is 15.9. The van der Waals surface area contributed by atoms with E-state index in [4.69, 9.17) is 9.63 Å². The van der Waals surface area contributed by atoms with E-state index < -0.39 is 6.10 Å². The van der Waals surface area contributed by atoms with Gasteiger partial charge in [-0.05, 0) is 25.5 Å². The molecule has 0 bridgehead atoms. The Kier molecular flexibility index (Phi) is 5.33. The fourth-order valence-corrected chi connectivity index (χ4v) is 2.48. The van der Waals surface area contributed by atoms with Gasteiger partial charge >= 0.3 is 0 Å². The second-order valence-corrected chi connectivity index (χ2v) is 6.11. The largest absolute Gasteiger partial charge is 0.394 e. The fourth-order valence-electron chi connectivity index (χ4n) is 1.63. The van der Waals surface area contributed by atoms with E-state index in [1.54, 1.807) is 19.1 Å². The smallest absolute Gasteiger partial charge is 0.239 e. The molecule has 0 fully saturated rings. The second kappa shape index (κ2) is 7.02. The molecule has 0 spiro atoms. The van der Waals surface area contributed by atoms with Crippen molar-refractivity contribution in [2.24, 2.45) is 0 Å². The SMILES string of the molecule is Cc1ccc(-c2noc([C@H](C)SC[C@H](O)CO)n2)cc1F. The van der Waals surface area contributed by atoms with E-state index in [0.29, 0.717) is 28.6 Å². The summed E-state index contributed by atoms with van der Waals surface area (Å²) in [5.74, 6) is 0.793. The van der Waals surface area contributed by atoms with E-state index in [1.165, 1.54) is 17.8 Å². The average molecular weight is 312 g/mol. The fraction of sp³-hybridized carbons (Fsp3) is 0.429. The molecule has 0 aliphatic heterocycles. The molecule has 0 saturated carbocycles. The van der Waals surface area contributed by atoms with Crippen molar-refractivity contribution in [1.29, 1.82) is 0 Å². The Morgan fingerprint density at radius 1 is 1.43 bits per heavy atom. The highest BCUT2D eigenvalue weighted by Gasteiger charge is 2.17. The van der Waals surface area contributed by atoms with Crippen LogP contribution >= 0.6 is 11.8 Å². The van der Waals surface area contributed by atoms with Gasteiger partial charge in [0.05, 0.1) is 18.0 Å². The van der Waals surface area contributed by atoms with E-state index in [0.717, 1.165) is 0 Å². The molecule has 0 aliphatic carbocycles. The van der Waals surface area contributed by atoms with Crippen LogP contribution < -0.4 is 0 Å². The quantitative estimate of drug-likeness (QED) is 0.852. The van der Waals surface area contributed by atoms with Gasteiger partial charge in [0.1, 0.15) is 5.82 Å². The number of thioether (sulfide) groups is 1. The molecule has 0 aliphatic rings. The number of nitrogens with zero attached hydrogens (tertiary/aromatic N) is 2. The van der Waals surface area contributed by atoms with Crippen LogP contribution in [0.1, 0.15) is 23.6 Å². The number of hydrogen-bond acceptors (Lipinski definition) is 6. The third kappa shape index (κ3) is 4.03. The summed E-state index contributed by atoms with van der Waals surface area (Å²) in [4.78, 5) is 4.25. The lowest BCUT2D eigenvalue weighted by atomic mass is 10.1. The van der Waals surface area contributed by atoms with Crippen molar-refractivity contribution in [3.05, 3.63) is 35.5 Å². The van der Waals surface area contributed by atoms with Crippen LogP contribution in [-0.2, 0) is 0 Å². The summed E-state index contributed by atoms with van der Waals surface area (Å²) in [6.45, 7) is 3.27. The Morgan fingerprint density at radius 2 is 2.19 bits per heavy atom. The van der Waals surface area contributed by atoms with E-state index in [1.807, 2.05) is 6.92 Å². The van der Waals surface area contributed by atoms with Crippen molar-refractivity contribution in [3.63, 3.8) is 0 Å². The third-order valence-electron chi connectivity index (χ3n) is 2.97. The van der Waals surface area contributed by atoms with Crippen LogP contribution in [-0.4, -0.2) is 38.8 Å². The molecule has 0 amide bonds. The minimum absolute atomic E-state index is 0.122. The standard InChI is InChI=1S/C14H17FN2O3S/c1-8-3-4-10(5-12(8)15)13-16-14(20-17-13)9(2)21-7-11(19)6-18/h3-5,9,11,18-19H,6-7H2,1-2H3/t9-,11+/m0/s1. The Morgan fingerprint density at radius 3 is 2.86 bits per heavy atom. The maximum Gasteiger partial charge on any atom is 0.239 e. The number of rotatable bonds is 6. The molecule has 2 atom stereocenters. The minimum Gasteiger partial charge on any atom is -0.394 e. The predicted octanol–water partition coefficient (Wildman–Crippen LogP) is 2.33. The van der Waals surface area contributed by atoms with Crippen molar-refractivity contribution in [1.82, 2.24) is 10.1 Å². The van der Waals surface area contributed by atoms with E-state index in [-0.39, 0.29) is 17.7 Å². The number of aliphatic hydroxyl groups excluding tert-OH is 2. The van der Waals surface area contributed by atoms with Crippen LogP contribution in [0.15, 0.2) is 22.7 Å². The first-order chi connectivity index (χ1) is 10.0. The number of benzene rings is 1. The van der Waals surface area contributed by atoms with Crippen molar-refractivity contribution in [3.8, 4) is 11.4 Å². The first-order valence-corrected chi connectivity index (χ1v) is 7.56. The summed E-state index contributed by atoms with van der Waals surface area (Å²) in [7, 11) is 0. The second-order valence-electron chi connectivity index (χ2n) is 4.73. The maximum absolute atomic E-state index is 13.5. The van der Waals surface area contributed by atoms with Gasteiger partial charge in [-0.15, -0.1) is 11.8 Å². The molecule has 114 valence electrons. The predicted molar refractivity (Wildman–Crippen MR) is 78.4 cm³/mol. The summed E-state index contributed by atoms with van der Waals surface area (Å²) in [6.07, 6.45) is -0.772. The van der Waals surface area contributed by atoms with Crippen LogP contribution in [0.25, 0.3) is 11.4 Å². The molecule has 1 heterocycles. The topological polar surface area (TPSA) is 79.4 Å². The first-order valence-electron chi connectivity index (χ1n) is 6.52. The molecule has 0 saturated heterocycles. The van der Waals surface area contributed by atoms with Crippen LogP contribution in [0.2, 0.25) is 0 Å². The van der Waals surface area contributed by atoms with Crippen LogP contribution in [0, 0.1) is 12.7 Å². The van der Waals surface area contributed by atoms with Gasteiger partial charge in [-0.3, -0.25) is 0 Å². The number of aromatic nitrogens is 2. The van der Waals surface area contributed by atoms with Gasteiger partial charge in [-0.25, -0.2) is 4.39 Å². The molecule has 1 aromatic carbocycles. The molecular formula is C14H17FN2O3S. The van der Waals surface area contributed by atoms with Crippen LogP contribution in [0.3, 0.4) is 0 Å². The molecule has 5 nitrogen and oxygen atoms in total. The van der Waals surface area contributed by atoms with Gasteiger partial charge < -0.3 is 14.7 Å². The summed E-state index contributed by atoms with van der Waals surface area (Å²) < 4.78 is 18.7. The molecule has 2 rings (SSSR count). The van der Waals surface area contributed by atoms with Gasteiger partial charge in [-0.1, -0.05) is 17.3 Å². The lowest BCUT2D eigenvalue weighted by molar-refractivity contribution is 0.113. The van der Waals surface area contributed by atoms with Crippen molar-refractivity contribution < 1.29 is 19.1 Å². The van der Waals surface area contributed by atoms with Gasteiger partial charge in [0.25, 0.3) is 0 Å². The number of halogens is 1. The number of aliphatic hydroxyl groups is 2. The monoisotopic (exact) mass is 312 g/mol. The van der Waals surface area contributed by atoms with Gasteiger partial charge in [0.2, 0.25) is 11.7 Å². The molecule has 2 N–H and O–H groups in total. The minimum atomic E-state index is -0.772. The van der Waals surface area contributed by atoms with Gasteiger partial charge in [0, 0.05) is 11.3 Å². The Hall–Kier alpha value is -1.44. The van der Waals surface area contributed by atoms with Gasteiger partial charge in [-0.2, -0.15) is 4.98 Å². The van der Waals surface area contributed by atoms with E-state index in [2.05, 4.69) is 10.1 Å². The molecule has 21 heavy (non-hydrogen) atoms. The molecule has 1 aromatic heterocycles. The zero-order chi connectivity index (χ0) is 15.4. The highest BCUT2D eigenvalue weighted by Crippen LogP contribution is 2.29. The highest BCUT2D eigenvalue weighted by atomic mass is 32.2. The zero-order valence-electron chi connectivity index (χ0n) is 11.8. The Bertz CT molecular complexity index is 606. The van der Waals surface area contributed by atoms with Gasteiger partial charge in [0.15, 0.2) is 0 Å². The lowest BCUT2D eigenvalue weighted by Crippen LogP contribution is -2.15. The molecule has 0 radical (unpaired) electrons. The maximum atomic E-state index is 13.5. The number of hydrogen-bond donors (Lipinski definition) is 2. The van der Waals surface area contributed by atoms with Crippen molar-refractivity contribution >= 4 is 11.8 Å². The Labute approximate surface area is 126 Å². The summed E-state index contributed by atoms with van der Waals surface area (Å²) in [5.41, 5.74) is 1.12. The molecule has 0 unspecified atom stereocenters. The van der Waals surface area contributed by atoms with Crippen LogP contribution in [0.4, 0.5) is 4.39 Å². The third-order valence-corrected chi connectivity index (χ3v) is 4.25.